The highest BCUT2D eigenvalue weighted by atomic mass is 79.9. The van der Waals surface area contributed by atoms with Crippen molar-refractivity contribution in [3.05, 3.63) is 28.2 Å². The molecule has 0 bridgehead atoms. The molecule has 1 aliphatic carbocycles. The molecule has 0 atom stereocenters. The number of carbonyl (C=O) groups excluding carboxylic acids is 2. The van der Waals surface area contributed by atoms with Gasteiger partial charge >= 0.3 is 6.03 Å². The molecule has 0 heterocycles. The Morgan fingerprint density at radius 3 is 2.58 bits per heavy atom. The summed E-state index contributed by atoms with van der Waals surface area (Å²) in [6.07, 6.45) is 5.76. The summed E-state index contributed by atoms with van der Waals surface area (Å²) in [5, 5.41) is 5.88. The van der Waals surface area contributed by atoms with Crippen LogP contribution < -0.4 is 15.5 Å². The quantitative estimate of drug-likeness (QED) is 0.797. The Morgan fingerprint density at radius 1 is 1.25 bits per heavy atom. The number of aryl methyl sites for hydroxylation is 1. The van der Waals surface area contributed by atoms with Crippen LogP contribution >= 0.6 is 15.9 Å². The Morgan fingerprint density at radius 2 is 1.96 bits per heavy atom. The summed E-state index contributed by atoms with van der Waals surface area (Å²) in [4.78, 5) is 25.6. The largest absolute Gasteiger partial charge is 0.336 e. The molecule has 2 rings (SSSR count). The fourth-order valence-electron chi connectivity index (χ4n) is 3.03. The van der Waals surface area contributed by atoms with Gasteiger partial charge in [-0.15, -0.1) is 0 Å². The molecule has 5 nitrogen and oxygen atoms in total. The van der Waals surface area contributed by atoms with E-state index in [1.54, 1.807) is 11.8 Å². The van der Waals surface area contributed by atoms with E-state index in [1.165, 1.54) is 19.3 Å². The van der Waals surface area contributed by atoms with Crippen LogP contribution in [-0.4, -0.2) is 31.1 Å². The van der Waals surface area contributed by atoms with E-state index in [0.717, 1.165) is 28.6 Å². The van der Waals surface area contributed by atoms with Crippen molar-refractivity contribution in [2.45, 2.75) is 52.0 Å². The van der Waals surface area contributed by atoms with Crippen molar-refractivity contribution in [2.75, 3.05) is 18.0 Å². The Bertz CT molecular complexity index is 586. The highest BCUT2D eigenvalue weighted by molar-refractivity contribution is 9.10. The second kappa shape index (κ2) is 9.06. The number of halogens is 1. The lowest BCUT2D eigenvalue weighted by Gasteiger charge is -2.24. The first kappa shape index (κ1) is 18.8. The fraction of sp³-hybridized carbons (Fsp3) is 0.556. The Labute approximate surface area is 152 Å². The lowest BCUT2D eigenvalue weighted by atomic mass is 9.96. The lowest BCUT2D eigenvalue weighted by Crippen LogP contribution is -2.45. The maximum Gasteiger partial charge on any atom is 0.315 e. The first-order valence-corrected chi connectivity index (χ1v) is 9.35. The standard InChI is InChI=1S/C18H26BrN3O2/c1-13-12-16(8-9-17(13)19)22(14(2)23)11-10-20-18(24)21-15-6-4-3-5-7-15/h8-9,12,15H,3-7,10-11H2,1-2H3,(H2,20,21,24). The minimum atomic E-state index is -0.141. The monoisotopic (exact) mass is 395 g/mol. The molecule has 132 valence electrons. The molecule has 0 saturated heterocycles. The number of nitrogens with one attached hydrogen (secondary N) is 2. The van der Waals surface area contributed by atoms with Gasteiger partial charge in [-0.05, 0) is 43.5 Å². The van der Waals surface area contributed by atoms with Gasteiger partial charge in [0.25, 0.3) is 0 Å². The summed E-state index contributed by atoms with van der Waals surface area (Å²) < 4.78 is 1.01. The number of benzene rings is 1. The zero-order valence-corrected chi connectivity index (χ0v) is 16.0. The molecule has 1 aromatic carbocycles. The molecular formula is C18H26BrN3O2. The zero-order chi connectivity index (χ0) is 17.5. The van der Waals surface area contributed by atoms with Gasteiger partial charge in [-0.2, -0.15) is 0 Å². The summed E-state index contributed by atoms with van der Waals surface area (Å²) in [6, 6.07) is 5.95. The molecule has 3 amide bonds. The average Bonchev–Trinajstić information content (AvgIpc) is 2.55. The van der Waals surface area contributed by atoms with E-state index in [-0.39, 0.29) is 18.0 Å². The Balaban J connectivity index is 1.84. The highest BCUT2D eigenvalue weighted by Gasteiger charge is 2.16. The zero-order valence-electron chi connectivity index (χ0n) is 14.4. The minimum absolute atomic E-state index is 0.0359. The molecule has 0 unspecified atom stereocenters. The summed E-state index contributed by atoms with van der Waals surface area (Å²) in [5.41, 5.74) is 1.92. The van der Waals surface area contributed by atoms with Crippen LogP contribution in [0.2, 0.25) is 0 Å². The third-order valence-corrected chi connectivity index (χ3v) is 5.28. The van der Waals surface area contributed by atoms with Crippen LogP contribution in [0.1, 0.15) is 44.6 Å². The van der Waals surface area contributed by atoms with E-state index >= 15 is 0 Å². The Kier molecular flexibility index (Phi) is 7.09. The molecule has 6 heteroatoms. The van der Waals surface area contributed by atoms with Gasteiger partial charge in [0.2, 0.25) is 5.91 Å². The van der Waals surface area contributed by atoms with E-state index < -0.39 is 0 Å². The van der Waals surface area contributed by atoms with Gasteiger partial charge in [0.15, 0.2) is 0 Å². The number of hydrogen-bond acceptors (Lipinski definition) is 2. The molecule has 1 fully saturated rings. The highest BCUT2D eigenvalue weighted by Crippen LogP contribution is 2.23. The van der Waals surface area contributed by atoms with Crippen LogP contribution in [0.25, 0.3) is 0 Å². The van der Waals surface area contributed by atoms with Crippen molar-refractivity contribution >= 4 is 33.6 Å². The summed E-state index contributed by atoms with van der Waals surface area (Å²) in [5.74, 6) is -0.0359. The summed E-state index contributed by atoms with van der Waals surface area (Å²) in [7, 11) is 0. The summed E-state index contributed by atoms with van der Waals surface area (Å²) in [6.45, 7) is 4.41. The van der Waals surface area contributed by atoms with Crippen molar-refractivity contribution in [3.63, 3.8) is 0 Å². The molecular weight excluding hydrogens is 370 g/mol. The number of carbonyl (C=O) groups is 2. The maximum absolute atomic E-state index is 12.0. The van der Waals surface area contributed by atoms with Gasteiger partial charge in [-0.3, -0.25) is 4.79 Å². The topological polar surface area (TPSA) is 61.4 Å². The van der Waals surface area contributed by atoms with Crippen LogP contribution in [0.5, 0.6) is 0 Å². The predicted molar refractivity (Wildman–Crippen MR) is 100 cm³/mol. The number of hydrogen-bond donors (Lipinski definition) is 2. The first-order chi connectivity index (χ1) is 11.5. The first-order valence-electron chi connectivity index (χ1n) is 8.56. The van der Waals surface area contributed by atoms with Crippen molar-refractivity contribution in [3.8, 4) is 0 Å². The van der Waals surface area contributed by atoms with Crippen LogP contribution in [0.3, 0.4) is 0 Å². The van der Waals surface area contributed by atoms with Crippen molar-refractivity contribution in [2.24, 2.45) is 0 Å². The fourth-order valence-corrected chi connectivity index (χ4v) is 3.28. The van der Waals surface area contributed by atoms with Gasteiger partial charge in [0.1, 0.15) is 0 Å². The molecule has 24 heavy (non-hydrogen) atoms. The van der Waals surface area contributed by atoms with E-state index in [4.69, 9.17) is 0 Å². The van der Waals surface area contributed by atoms with E-state index in [9.17, 15) is 9.59 Å². The van der Waals surface area contributed by atoms with Gasteiger partial charge in [-0.25, -0.2) is 4.79 Å². The number of nitrogens with zero attached hydrogens (tertiary/aromatic N) is 1. The third kappa shape index (κ3) is 5.51. The molecule has 2 N–H and O–H groups in total. The molecule has 0 aliphatic heterocycles. The van der Waals surface area contributed by atoms with Gasteiger partial charge < -0.3 is 15.5 Å². The average molecular weight is 396 g/mol. The number of anilines is 1. The molecule has 1 saturated carbocycles. The lowest BCUT2D eigenvalue weighted by molar-refractivity contribution is -0.116. The minimum Gasteiger partial charge on any atom is -0.336 e. The van der Waals surface area contributed by atoms with Crippen LogP contribution in [-0.2, 0) is 4.79 Å². The molecule has 0 radical (unpaired) electrons. The van der Waals surface area contributed by atoms with Crippen molar-refractivity contribution < 1.29 is 9.59 Å². The van der Waals surface area contributed by atoms with Crippen LogP contribution in [0, 0.1) is 6.92 Å². The van der Waals surface area contributed by atoms with Crippen LogP contribution in [0.4, 0.5) is 10.5 Å². The number of urea groups is 1. The smallest absolute Gasteiger partial charge is 0.315 e. The van der Waals surface area contributed by atoms with Crippen molar-refractivity contribution in [1.82, 2.24) is 10.6 Å². The predicted octanol–water partition coefficient (Wildman–Crippen LogP) is 3.74. The normalized spacial score (nSPS) is 15.0. The van der Waals surface area contributed by atoms with E-state index in [2.05, 4.69) is 26.6 Å². The number of rotatable bonds is 5. The molecule has 0 aromatic heterocycles. The second-order valence-corrected chi connectivity index (χ2v) is 7.19. The molecule has 1 aliphatic rings. The SMILES string of the molecule is CC(=O)N(CCNC(=O)NC1CCCCC1)c1ccc(Br)c(C)c1. The maximum atomic E-state index is 12.0. The molecule has 1 aromatic rings. The van der Waals surface area contributed by atoms with Crippen LogP contribution in [0.15, 0.2) is 22.7 Å². The third-order valence-electron chi connectivity index (χ3n) is 4.39. The second-order valence-electron chi connectivity index (χ2n) is 6.34. The molecule has 0 spiro atoms. The number of amides is 3. The Hall–Kier alpha value is -1.56. The van der Waals surface area contributed by atoms with Gasteiger partial charge in [-0.1, -0.05) is 35.2 Å². The van der Waals surface area contributed by atoms with E-state index in [1.807, 2.05) is 25.1 Å². The van der Waals surface area contributed by atoms with E-state index in [0.29, 0.717) is 13.1 Å². The summed E-state index contributed by atoms with van der Waals surface area (Å²) >= 11 is 3.47. The van der Waals surface area contributed by atoms with Crippen molar-refractivity contribution in [1.29, 1.82) is 0 Å². The van der Waals surface area contributed by atoms with Gasteiger partial charge in [0.05, 0.1) is 0 Å². The van der Waals surface area contributed by atoms with Gasteiger partial charge in [0, 0.05) is 36.2 Å².